The number of ether oxygens (including phenoxy) is 1. The average molecular weight is 289 g/mol. The van der Waals surface area contributed by atoms with Crippen LogP contribution < -0.4 is 10.2 Å². The molecule has 0 unspecified atom stereocenters. The van der Waals surface area contributed by atoms with Crippen molar-refractivity contribution in [3.05, 3.63) is 24.3 Å². The lowest BCUT2D eigenvalue weighted by Gasteiger charge is -2.17. The first-order valence-corrected chi connectivity index (χ1v) is 7.76. The standard InChI is InChI=1S/C12H20NO5P/c1-4-17-19(14,18-5-2)10-16-13-11-7-6-8-12(9-11)15-3/h6-9,13H,4-5,10H2,1-3H3. The molecule has 1 aromatic rings. The summed E-state index contributed by atoms with van der Waals surface area (Å²) >= 11 is 0. The molecule has 1 N–H and O–H groups in total. The van der Waals surface area contributed by atoms with Crippen LogP contribution in [0.4, 0.5) is 5.69 Å². The number of hydrogen-bond acceptors (Lipinski definition) is 6. The monoisotopic (exact) mass is 289 g/mol. The van der Waals surface area contributed by atoms with Gasteiger partial charge in [-0.25, -0.2) is 0 Å². The number of methoxy groups -OCH3 is 1. The third-order valence-electron chi connectivity index (χ3n) is 2.13. The highest BCUT2D eigenvalue weighted by molar-refractivity contribution is 7.53. The number of nitrogens with one attached hydrogen (secondary N) is 1. The van der Waals surface area contributed by atoms with Crippen LogP contribution in [0.25, 0.3) is 0 Å². The van der Waals surface area contributed by atoms with Crippen molar-refractivity contribution in [2.24, 2.45) is 0 Å². The van der Waals surface area contributed by atoms with Crippen molar-refractivity contribution in [3.63, 3.8) is 0 Å². The zero-order chi connectivity index (χ0) is 14.1. The SMILES string of the molecule is CCOP(=O)(CONc1cccc(OC)c1)OCC. The fraction of sp³-hybridized carbons (Fsp3) is 0.500. The average Bonchev–Trinajstić information content (AvgIpc) is 2.39. The van der Waals surface area contributed by atoms with E-state index in [2.05, 4.69) is 5.48 Å². The van der Waals surface area contributed by atoms with Crippen LogP contribution in [0.5, 0.6) is 5.75 Å². The van der Waals surface area contributed by atoms with Gasteiger partial charge in [0.15, 0.2) is 6.35 Å². The molecule has 0 amide bonds. The van der Waals surface area contributed by atoms with Crippen molar-refractivity contribution < 1.29 is 23.2 Å². The summed E-state index contributed by atoms with van der Waals surface area (Å²) in [6.45, 7) is 4.11. The molecule has 0 aliphatic rings. The van der Waals surface area contributed by atoms with Gasteiger partial charge in [-0.15, -0.1) is 0 Å². The molecule has 0 aliphatic carbocycles. The van der Waals surface area contributed by atoms with Gasteiger partial charge in [0, 0.05) is 6.07 Å². The van der Waals surface area contributed by atoms with E-state index in [1.54, 1.807) is 33.1 Å². The van der Waals surface area contributed by atoms with Gasteiger partial charge in [-0.1, -0.05) is 6.07 Å². The van der Waals surface area contributed by atoms with Gasteiger partial charge < -0.3 is 13.8 Å². The van der Waals surface area contributed by atoms with E-state index in [-0.39, 0.29) is 6.35 Å². The molecule has 0 saturated heterocycles. The Hall–Kier alpha value is -1.07. The van der Waals surface area contributed by atoms with Crippen LogP contribution in [-0.2, 0) is 18.5 Å². The van der Waals surface area contributed by atoms with Crippen LogP contribution in [0.2, 0.25) is 0 Å². The lowest BCUT2D eigenvalue weighted by molar-refractivity contribution is 0.165. The number of anilines is 1. The van der Waals surface area contributed by atoms with Crippen LogP contribution in [0, 0.1) is 0 Å². The predicted molar refractivity (Wildman–Crippen MR) is 73.4 cm³/mol. The third kappa shape index (κ3) is 5.61. The minimum atomic E-state index is -3.19. The van der Waals surface area contributed by atoms with Crippen LogP contribution in [-0.4, -0.2) is 26.7 Å². The van der Waals surface area contributed by atoms with Gasteiger partial charge in [0.25, 0.3) is 0 Å². The van der Waals surface area contributed by atoms with E-state index in [0.29, 0.717) is 24.7 Å². The summed E-state index contributed by atoms with van der Waals surface area (Å²) in [5, 5.41) is 0. The molecular weight excluding hydrogens is 269 g/mol. The molecule has 19 heavy (non-hydrogen) atoms. The summed E-state index contributed by atoms with van der Waals surface area (Å²) in [5.41, 5.74) is 3.37. The van der Waals surface area contributed by atoms with E-state index < -0.39 is 7.60 Å². The summed E-state index contributed by atoms with van der Waals surface area (Å²) in [6.07, 6.45) is -0.161. The summed E-state index contributed by atoms with van der Waals surface area (Å²) < 4.78 is 27.4. The second-order valence-electron chi connectivity index (χ2n) is 3.55. The summed E-state index contributed by atoms with van der Waals surface area (Å²) in [5.74, 6) is 0.700. The normalized spacial score (nSPS) is 11.3. The molecule has 0 fully saturated rings. The predicted octanol–water partition coefficient (Wildman–Crippen LogP) is 3.26. The molecular formula is C12H20NO5P. The molecule has 7 heteroatoms. The van der Waals surface area contributed by atoms with Crippen LogP contribution in [0.1, 0.15) is 13.8 Å². The first-order chi connectivity index (χ1) is 9.13. The Balaban J connectivity index is 2.49. The first-order valence-electron chi connectivity index (χ1n) is 6.03. The molecule has 108 valence electrons. The topological polar surface area (TPSA) is 66.0 Å². The van der Waals surface area contributed by atoms with Gasteiger partial charge in [-0.2, -0.15) is 0 Å². The fourth-order valence-electron chi connectivity index (χ4n) is 1.39. The van der Waals surface area contributed by atoms with Gasteiger partial charge in [-0.3, -0.25) is 14.9 Å². The van der Waals surface area contributed by atoms with E-state index in [1.807, 2.05) is 12.1 Å². The largest absolute Gasteiger partial charge is 0.497 e. The number of hydrogen-bond donors (Lipinski definition) is 1. The quantitative estimate of drug-likeness (QED) is 0.556. The second-order valence-corrected chi connectivity index (χ2v) is 5.55. The van der Waals surface area contributed by atoms with E-state index in [0.717, 1.165) is 0 Å². The Morgan fingerprint density at radius 1 is 1.21 bits per heavy atom. The van der Waals surface area contributed by atoms with Gasteiger partial charge in [0.05, 0.1) is 26.0 Å². The van der Waals surface area contributed by atoms with Crippen molar-refractivity contribution in [2.75, 3.05) is 32.2 Å². The van der Waals surface area contributed by atoms with Gasteiger partial charge in [-0.05, 0) is 26.0 Å². The summed E-state index contributed by atoms with van der Waals surface area (Å²) in [4.78, 5) is 5.17. The first kappa shape index (κ1) is 16.0. The molecule has 6 nitrogen and oxygen atoms in total. The van der Waals surface area contributed by atoms with Crippen LogP contribution in [0.3, 0.4) is 0 Å². The second kappa shape index (κ2) is 8.17. The zero-order valence-corrected chi connectivity index (χ0v) is 12.3. The molecule has 0 spiro atoms. The zero-order valence-electron chi connectivity index (χ0n) is 11.4. The van der Waals surface area contributed by atoms with Gasteiger partial charge in [0.2, 0.25) is 0 Å². The Labute approximate surface area is 113 Å². The van der Waals surface area contributed by atoms with Crippen molar-refractivity contribution in [1.29, 1.82) is 0 Å². The lowest BCUT2D eigenvalue weighted by atomic mass is 10.3. The lowest BCUT2D eigenvalue weighted by Crippen LogP contribution is -2.07. The maximum atomic E-state index is 12.1. The molecule has 0 bridgehead atoms. The Bertz CT molecular complexity index is 416. The Morgan fingerprint density at radius 3 is 2.47 bits per heavy atom. The highest BCUT2D eigenvalue weighted by Gasteiger charge is 2.24. The van der Waals surface area contributed by atoms with Gasteiger partial charge >= 0.3 is 7.60 Å². The maximum absolute atomic E-state index is 12.1. The Morgan fingerprint density at radius 2 is 1.89 bits per heavy atom. The smallest absolute Gasteiger partial charge is 0.358 e. The van der Waals surface area contributed by atoms with E-state index >= 15 is 0 Å². The molecule has 1 aromatic carbocycles. The summed E-state index contributed by atoms with van der Waals surface area (Å²) in [6, 6.07) is 7.19. The molecule has 0 radical (unpaired) electrons. The number of benzene rings is 1. The number of rotatable bonds is 9. The molecule has 0 aliphatic heterocycles. The van der Waals surface area contributed by atoms with Gasteiger partial charge in [0.1, 0.15) is 5.75 Å². The van der Waals surface area contributed by atoms with E-state index in [9.17, 15) is 4.57 Å². The highest BCUT2D eigenvalue weighted by Crippen LogP contribution is 2.47. The summed E-state index contributed by atoms with van der Waals surface area (Å²) in [7, 11) is -1.61. The van der Waals surface area contributed by atoms with Crippen molar-refractivity contribution in [1.82, 2.24) is 0 Å². The minimum Gasteiger partial charge on any atom is -0.497 e. The molecule has 1 rings (SSSR count). The molecule has 0 aromatic heterocycles. The fourth-order valence-corrected chi connectivity index (χ4v) is 2.62. The van der Waals surface area contributed by atoms with Crippen molar-refractivity contribution in [3.8, 4) is 5.75 Å². The molecule has 0 heterocycles. The molecule has 0 atom stereocenters. The van der Waals surface area contributed by atoms with Crippen LogP contribution in [0.15, 0.2) is 24.3 Å². The van der Waals surface area contributed by atoms with E-state index in [1.165, 1.54) is 0 Å². The minimum absolute atomic E-state index is 0.161. The van der Waals surface area contributed by atoms with Crippen molar-refractivity contribution in [2.45, 2.75) is 13.8 Å². The molecule has 0 saturated carbocycles. The maximum Gasteiger partial charge on any atom is 0.358 e. The van der Waals surface area contributed by atoms with Crippen LogP contribution >= 0.6 is 7.60 Å². The third-order valence-corrected chi connectivity index (χ3v) is 3.88. The Kier molecular flexibility index (Phi) is 6.87. The van der Waals surface area contributed by atoms with E-state index in [4.69, 9.17) is 18.6 Å². The van der Waals surface area contributed by atoms with Crippen molar-refractivity contribution >= 4 is 13.3 Å². The highest BCUT2D eigenvalue weighted by atomic mass is 31.2.